The maximum atomic E-state index is 15.4. The van der Waals surface area contributed by atoms with E-state index in [1.165, 1.54) is 12.1 Å². The summed E-state index contributed by atoms with van der Waals surface area (Å²) < 4.78 is 47.0. The normalized spacial score (nSPS) is 23.5. The number of pyridine rings is 1. The molecule has 10 rings (SSSR count). The number of aromatic nitrogens is 5. The maximum absolute atomic E-state index is 15.4. The molecule has 1 aliphatic carbocycles. The van der Waals surface area contributed by atoms with Gasteiger partial charge in [-0.05, 0) is 99.7 Å². The van der Waals surface area contributed by atoms with Gasteiger partial charge in [-0.2, -0.15) is 5.10 Å². The van der Waals surface area contributed by atoms with Crippen molar-refractivity contribution in [3.8, 4) is 17.1 Å². The number of nitrogens with one attached hydrogen (secondary N) is 2. The van der Waals surface area contributed by atoms with E-state index in [9.17, 15) is 14.4 Å². The number of anilines is 3. The number of amides is 3. The summed E-state index contributed by atoms with van der Waals surface area (Å²) in [5.41, 5.74) is 5.62. The van der Waals surface area contributed by atoms with Crippen molar-refractivity contribution in [3.05, 3.63) is 77.1 Å². The molecule has 2 aromatic carbocycles. The molecular formula is C47H54F2N10O5. The Morgan fingerprint density at radius 1 is 0.859 bits per heavy atom. The molecule has 4 bridgehead atoms. The van der Waals surface area contributed by atoms with Crippen LogP contribution in [0.3, 0.4) is 0 Å². The number of aryl methyl sites for hydroxylation is 2. The Kier molecular flexibility index (Phi) is 11.3. The molecular weight excluding hydrogens is 823 g/mol. The fourth-order valence-electron chi connectivity index (χ4n) is 10.9. The third-order valence-corrected chi connectivity index (χ3v) is 14.1. The van der Waals surface area contributed by atoms with Crippen LogP contribution in [-0.2, 0) is 27.9 Å². The van der Waals surface area contributed by atoms with Gasteiger partial charge in [-0.1, -0.05) is 0 Å². The van der Waals surface area contributed by atoms with Gasteiger partial charge < -0.3 is 23.8 Å². The van der Waals surface area contributed by atoms with Crippen molar-refractivity contribution in [1.29, 1.82) is 0 Å². The molecule has 17 heteroatoms. The van der Waals surface area contributed by atoms with E-state index in [-0.39, 0.29) is 36.4 Å². The number of fused-ring (bicyclic) bond motifs is 9. The number of carbonyl (C=O) groups is 3. The van der Waals surface area contributed by atoms with Crippen LogP contribution in [0.4, 0.5) is 26.1 Å². The average Bonchev–Trinajstić information content (AvgIpc) is 3.99. The third kappa shape index (κ3) is 8.08. The van der Waals surface area contributed by atoms with Crippen LogP contribution in [0.15, 0.2) is 48.7 Å². The number of imide groups is 1. The SMILES string of the molecule is COC[C@@H]1CN(c2ccc3nc4n(c3c2)C[C@@H]2CC[C@H](COc3c(cnn3C)-c3cc(cc(C)n3)C(=O)N4)C2)CCN1C1CCN(c2cc(F)c([C@H]3CCC(=O)NC3=O)c(F)c2)CC1. The highest BCUT2D eigenvalue weighted by Gasteiger charge is 2.37. The van der Waals surface area contributed by atoms with Gasteiger partial charge in [0.2, 0.25) is 23.6 Å². The highest BCUT2D eigenvalue weighted by atomic mass is 19.1. The molecule has 1 saturated carbocycles. The molecule has 4 aliphatic heterocycles. The van der Waals surface area contributed by atoms with Crippen molar-refractivity contribution in [2.75, 3.05) is 68.2 Å². The zero-order chi connectivity index (χ0) is 44.2. The summed E-state index contributed by atoms with van der Waals surface area (Å²) in [5, 5.41) is 9.84. The Bertz CT molecular complexity index is 2600. The minimum atomic E-state index is -1.03. The maximum Gasteiger partial charge on any atom is 0.258 e. The Labute approximate surface area is 370 Å². The second kappa shape index (κ2) is 17.2. The fourth-order valence-corrected chi connectivity index (χ4v) is 10.9. The Hall–Kier alpha value is -5.94. The van der Waals surface area contributed by atoms with Gasteiger partial charge >= 0.3 is 0 Å². The molecule has 64 heavy (non-hydrogen) atoms. The van der Waals surface area contributed by atoms with Gasteiger partial charge in [-0.25, -0.2) is 18.4 Å². The van der Waals surface area contributed by atoms with Crippen LogP contribution in [0.1, 0.15) is 72.5 Å². The average molecular weight is 877 g/mol. The van der Waals surface area contributed by atoms with E-state index in [2.05, 4.69) is 48.3 Å². The van der Waals surface area contributed by atoms with Crippen LogP contribution in [0.25, 0.3) is 22.3 Å². The molecule has 3 amide bonds. The fraction of sp³-hybridized carbons (Fsp3) is 0.489. The van der Waals surface area contributed by atoms with Gasteiger partial charge in [-0.3, -0.25) is 34.9 Å². The summed E-state index contributed by atoms with van der Waals surface area (Å²) in [4.78, 5) is 54.8. The number of ether oxygens (including phenoxy) is 2. The first-order valence-corrected chi connectivity index (χ1v) is 22.5. The van der Waals surface area contributed by atoms with Gasteiger partial charge in [0.15, 0.2) is 0 Å². The summed E-state index contributed by atoms with van der Waals surface area (Å²) in [6.07, 6.45) is 6.60. The first kappa shape index (κ1) is 42.0. The number of piperidine rings is 2. The van der Waals surface area contributed by atoms with Crippen molar-refractivity contribution in [2.45, 2.75) is 76.4 Å². The van der Waals surface area contributed by atoms with Crippen molar-refractivity contribution in [1.82, 2.24) is 34.5 Å². The molecule has 0 radical (unpaired) electrons. The number of rotatable bonds is 6. The van der Waals surface area contributed by atoms with Gasteiger partial charge in [0.25, 0.3) is 5.91 Å². The van der Waals surface area contributed by atoms with Crippen LogP contribution >= 0.6 is 0 Å². The number of benzene rings is 2. The molecule has 3 aromatic heterocycles. The predicted octanol–water partition coefficient (Wildman–Crippen LogP) is 5.81. The zero-order valence-electron chi connectivity index (χ0n) is 36.5. The molecule has 0 unspecified atom stereocenters. The molecule has 5 aliphatic rings. The number of piperazine rings is 1. The molecule has 0 spiro atoms. The lowest BCUT2D eigenvalue weighted by atomic mass is 9.89. The second-order valence-corrected chi connectivity index (χ2v) is 18.2. The van der Waals surface area contributed by atoms with Crippen LogP contribution in [0.2, 0.25) is 0 Å². The number of hydrogen-bond donors (Lipinski definition) is 2. The minimum Gasteiger partial charge on any atom is -0.477 e. The van der Waals surface area contributed by atoms with E-state index in [0.29, 0.717) is 79.2 Å². The topological polar surface area (TPSA) is 152 Å². The summed E-state index contributed by atoms with van der Waals surface area (Å²) in [6, 6.07) is 13.0. The minimum absolute atomic E-state index is 0.0485. The summed E-state index contributed by atoms with van der Waals surface area (Å²) in [5.74, 6) is -1.97. The lowest BCUT2D eigenvalue weighted by Crippen LogP contribution is -2.60. The third-order valence-electron chi connectivity index (χ3n) is 14.1. The van der Waals surface area contributed by atoms with Gasteiger partial charge in [-0.15, -0.1) is 0 Å². The van der Waals surface area contributed by atoms with Crippen molar-refractivity contribution < 1.29 is 32.6 Å². The molecule has 5 aromatic rings. The van der Waals surface area contributed by atoms with E-state index in [1.54, 1.807) is 30.1 Å². The first-order chi connectivity index (χ1) is 31.0. The molecule has 336 valence electrons. The Balaban J connectivity index is 0.859. The van der Waals surface area contributed by atoms with E-state index >= 15 is 8.78 Å². The van der Waals surface area contributed by atoms with Crippen LogP contribution < -0.4 is 25.2 Å². The van der Waals surface area contributed by atoms with Crippen LogP contribution in [0, 0.1) is 30.4 Å². The van der Waals surface area contributed by atoms with E-state index in [1.807, 2.05) is 18.9 Å². The molecule has 2 N–H and O–H groups in total. The number of halogens is 2. The van der Waals surface area contributed by atoms with E-state index in [0.717, 1.165) is 74.0 Å². The number of methoxy groups -OCH3 is 1. The number of imidazole rings is 1. The summed E-state index contributed by atoms with van der Waals surface area (Å²) in [7, 11) is 3.59. The van der Waals surface area contributed by atoms with Crippen LogP contribution in [0.5, 0.6) is 5.88 Å². The van der Waals surface area contributed by atoms with Crippen molar-refractivity contribution in [2.24, 2.45) is 18.9 Å². The Morgan fingerprint density at radius 3 is 2.44 bits per heavy atom. The van der Waals surface area contributed by atoms with Gasteiger partial charge in [0, 0.05) is 94.1 Å². The van der Waals surface area contributed by atoms with Crippen LogP contribution in [-0.4, -0.2) is 112 Å². The smallest absolute Gasteiger partial charge is 0.258 e. The van der Waals surface area contributed by atoms with Crippen molar-refractivity contribution >= 4 is 46.1 Å². The van der Waals surface area contributed by atoms with Gasteiger partial charge in [0.1, 0.15) is 11.6 Å². The molecule has 3 saturated heterocycles. The highest BCUT2D eigenvalue weighted by molar-refractivity contribution is 6.05. The summed E-state index contributed by atoms with van der Waals surface area (Å²) in [6.45, 7) is 7.35. The zero-order valence-corrected chi connectivity index (χ0v) is 36.5. The second-order valence-electron chi connectivity index (χ2n) is 18.2. The number of nitrogens with zero attached hydrogens (tertiary/aromatic N) is 8. The molecule has 15 nitrogen and oxygen atoms in total. The first-order valence-electron chi connectivity index (χ1n) is 22.5. The van der Waals surface area contributed by atoms with Crippen molar-refractivity contribution in [3.63, 3.8) is 0 Å². The van der Waals surface area contributed by atoms with E-state index < -0.39 is 29.4 Å². The highest BCUT2D eigenvalue weighted by Crippen LogP contribution is 2.38. The predicted molar refractivity (Wildman–Crippen MR) is 236 cm³/mol. The van der Waals surface area contributed by atoms with E-state index in [4.69, 9.17) is 19.4 Å². The number of carbonyl (C=O) groups excluding carboxylic acids is 3. The monoisotopic (exact) mass is 876 g/mol. The Morgan fingerprint density at radius 2 is 1.66 bits per heavy atom. The molecule has 4 fully saturated rings. The lowest BCUT2D eigenvalue weighted by molar-refractivity contribution is -0.134. The lowest BCUT2D eigenvalue weighted by Gasteiger charge is -2.48. The molecule has 4 atom stereocenters. The largest absolute Gasteiger partial charge is 0.477 e. The quantitative estimate of drug-likeness (QED) is 0.199. The van der Waals surface area contributed by atoms with Gasteiger partial charge in [0.05, 0.1) is 53.7 Å². The molecule has 7 heterocycles. The summed E-state index contributed by atoms with van der Waals surface area (Å²) >= 11 is 0. The standard InChI is InChI=1S/C47H54F2N10O5/c1-27-16-30-18-40(51-27)36-22-50-55(2)46(36)64-25-29-5-4-28(17-29)23-59-41-21-32(6-8-39(41)52-47(59)54-44(30)61)57-14-15-58(34(24-57)26-63-3)31-10-12-56(13-11-31)33-19-37(48)43(38(49)20-33)35-7-9-42(60)53-45(35)62/h6,8,16,18-22,28-29,31,34-35H,4-5,7,9-15,17,23-26H2,1-3H3,(H,52,54,61)(H,53,60,62)/t28-,29+,34+,35-/m1/s1. The number of hydrogen-bond acceptors (Lipinski definition) is 11.